The molecule has 1 aromatic carbocycles. The highest BCUT2D eigenvalue weighted by Crippen LogP contribution is 2.25. The Kier molecular flexibility index (Phi) is 5.77. The first kappa shape index (κ1) is 17.8. The normalized spacial score (nSPS) is 11.5. The first-order chi connectivity index (χ1) is 11.4. The fourth-order valence-corrected chi connectivity index (χ4v) is 2.70. The molecule has 0 aliphatic heterocycles. The van der Waals surface area contributed by atoms with Crippen LogP contribution in [0.1, 0.15) is 17.7 Å². The second kappa shape index (κ2) is 7.79. The SMILES string of the molecule is C=C(Br)CC(C(N)=O)N(Cc1cncn1C)c1ccc(C#N)cc1. The molecule has 1 heterocycles. The summed E-state index contributed by atoms with van der Waals surface area (Å²) in [6.45, 7) is 4.27. The molecule has 0 radical (unpaired) electrons. The molecular weight excluding hydrogens is 370 g/mol. The van der Waals surface area contributed by atoms with Crippen LogP contribution in [0.25, 0.3) is 0 Å². The number of carbonyl (C=O) groups excluding carboxylic acids is 1. The van der Waals surface area contributed by atoms with Crippen LogP contribution in [-0.4, -0.2) is 21.5 Å². The highest BCUT2D eigenvalue weighted by Gasteiger charge is 2.25. The Labute approximate surface area is 149 Å². The number of hydrogen-bond acceptors (Lipinski definition) is 4. The lowest BCUT2D eigenvalue weighted by Gasteiger charge is -2.31. The predicted molar refractivity (Wildman–Crippen MR) is 96.2 cm³/mol. The average Bonchev–Trinajstić information content (AvgIpc) is 2.95. The fourth-order valence-electron chi connectivity index (χ4n) is 2.39. The van der Waals surface area contributed by atoms with Crippen molar-refractivity contribution in [2.45, 2.75) is 19.0 Å². The van der Waals surface area contributed by atoms with Gasteiger partial charge in [-0.15, -0.1) is 0 Å². The summed E-state index contributed by atoms with van der Waals surface area (Å²) >= 11 is 3.31. The predicted octanol–water partition coefficient (Wildman–Crippen LogP) is 2.45. The summed E-state index contributed by atoms with van der Waals surface area (Å²) in [5, 5.41) is 8.96. The Balaban J connectivity index is 2.42. The number of aromatic nitrogens is 2. The molecule has 0 saturated carbocycles. The molecule has 124 valence electrons. The lowest BCUT2D eigenvalue weighted by Crippen LogP contribution is -2.45. The van der Waals surface area contributed by atoms with Crippen molar-refractivity contribution >= 4 is 27.5 Å². The minimum atomic E-state index is -0.570. The van der Waals surface area contributed by atoms with Gasteiger partial charge in [0.2, 0.25) is 5.91 Å². The molecule has 0 bridgehead atoms. The summed E-state index contributed by atoms with van der Waals surface area (Å²) < 4.78 is 2.58. The van der Waals surface area contributed by atoms with E-state index in [0.717, 1.165) is 11.4 Å². The third kappa shape index (κ3) is 4.24. The van der Waals surface area contributed by atoms with Crippen LogP contribution < -0.4 is 10.6 Å². The third-order valence-electron chi connectivity index (χ3n) is 3.70. The van der Waals surface area contributed by atoms with Gasteiger partial charge in [0.15, 0.2) is 0 Å². The lowest BCUT2D eigenvalue weighted by atomic mass is 10.1. The number of nitriles is 1. The van der Waals surface area contributed by atoms with Gasteiger partial charge in [-0.1, -0.05) is 22.5 Å². The monoisotopic (exact) mass is 387 g/mol. The fraction of sp³-hybridized carbons (Fsp3) is 0.235. The summed E-state index contributed by atoms with van der Waals surface area (Å²) in [6, 6.07) is 8.56. The molecule has 1 atom stereocenters. The van der Waals surface area contributed by atoms with Crippen molar-refractivity contribution in [3.8, 4) is 6.07 Å². The van der Waals surface area contributed by atoms with E-state index < -0.39 is 11.9 Å². The summed E-state index contributed by atoms with van der Waals surface area (Å²) in [4.78, 5) is 18.0. The minimum absolute atomic E-state index is 0.382. The van der Waals surface area contributed by atoms with Crippen molar-refractivity contribution in [2.75, 3.05) is 4.90 Å². The topological polar surface area (TPSA) is 87.9 Å². The van der Waals surface area contributed by atoms with E-state index >= 15 is 0 Å². The van der Waals surface area contributed by atoms with E-state index in [1.165, 1.54) is 0 Å². The van der Waals surface area contributed by atoms with Crippen LogP contribution in [0.15, 0.2) is 47.9 Å². The van der Waals surface area contributed by atoms with Gasteiger partial charge < -0.3 is 15.2 Å². The van der Waals surface area contributed by atoms with Gasteiger partial charge in [-0.3, -0.25) is 4.79 Å². The van der Waals surface area contributed by atoms with Crippen molar-refractivity contribution in [3.05, 3.63) is 59.1 Å². The molecule has 0 spiro atoms. The van der Waals surface area contributed by atoms with E-state index in [1.807, 2.05) is 28.6 Å². The van der Waals surface area contributed by atoms with E-state index in [2.05, 4.69) is 33.6 Å². The number of halogens is 1. The number of primary amides is 1. The molecule has 0 fully saturated rings. The van der Waals surface area contributed by atoms with E-state index in [1.54, 1.807) is 24.7 Å². The van der Waals surface area contributed by atoms with Crippen molar-refractivity contribution in [3.63, 3.8) is 0 Å². The average molecular weight is 388 g/mol. The number of hydrogen-bond donors (Lipinski definition) is 1. The van der Waals surface area contributed by atoms with Gasteiger partial charge in [-0.05, 0) is 28.7 Å². The molecular formula is C17H18BrN5O. The number of rotatable bonds is 7. The summed E-state index contributed by atoms with van der Waals surface area (Å²) in [6.07, 6.45) is 3.83. The highest BCUT2D eigenvalue weighted by atomic mass is 79.9. The molecule has 7 heteroatoms. The number of anilines is 1. The Hall–Kier alpha value is -2.59. The van der Waals surface area contributed by atoms with Crippen LogP contribution in [0.5, 0.6) is 0 Å². The number of nitrogens with two attached hydrogens (primary N) is 1. The zero-order valence-corrected chi connectivity index (χ0v) is 14.9. The summed E-state index contributed by atoms with van der Waals surface area (Å²) in [7, 11) is 1.89. The number of imidazole rings is 1. The number of nitrogens with zero attached hydrogens (tertiary/aromatic N) is 4. The van der Waals surface area contributed by atoms with Gasteiger partial charge in [-0.25, -0.2) is 4.98 Å². The van der Waals surface area contributed by atoms with E-state index in [9.17, 15) is 4.79 Å². The van der Waals surface area contributed by atoms with Crippen molar-refractivity contribution in [1.82, 2.24) is 9.55 Å². The second-order valence-electron chi connectivity index (χ2n) is 5.42. The molecule has 0 saturated heterocycles. The first-order valence-corrected chi connectivity index (χ1v) is 8.06. The highest BCUT2D eigenvalue weighted by molar-refractivity contribution is 9.11. The number of carbonyl (C=O) groups is 1. The van der Waals surface area contributed by atoms with Gasteiger partial charge in [0.25, 0.3) is 0 Å². The van der Waals surface area contributed by atoms with E-state index in [-0.39, 0.29) is 0 Å². The van der Waals surface area contributed by atoms with Crippen LogP contribution in [0, 0.1) is 11.3 Å². The minimum Gasteiger partial charge on any atom is -0.368 e. The maximum absolute atomic E-state index is 12.0. The number of amides is 1. The van der Waals surface area contributed by atoms with Crippen LogP contribution >= 0.6 is 15.9 Å². The van der Waals surface area contributed by atoms with Crippen molar-refractivity contribution in [2.24, 2.45) is 12.8 Å². The van der Waals surface area contributed by atoms with Crippen LogP contribution in [0.2, 0.25) is 0 Å². The summed E-state index contributed by atoms with van der Waals surface area (Å²) in [5.41, 5.74) is 7.92. The standard InChI is InChI=1S/C17H18BrN5O/c1-12(18)7-16(17(20)24)23(10-15-9-21-11-22(15)2)14-5-3-13(8-19)4-6-14/h3-6,9,11,16H,1,7,10H2,2H3,(H2,20,24). The Bertz CT molecular complexity index is 775. The maximum atomic E-state index is 12.0. The quantitative estimate of drug-likeness (QED) is 0.789. The van der Waals surface area contributed by atoms with Gasteiger partial charge in [0.05, 0.1) is 30.2 Å². The van der Waals surface area contributed by atoms with Crippen LogP contribution in [-0.2, 0) is 18.4 Å². The molecule has 1 amide bonds. The van der Waals surface area contributed by atoms with Gasteiger partial charge in [-0.2, -0.15) is 5.26 Å². The molecule has 0 aliphatic rings. The van der Waals surface area contributed by atoms with E-state index in [0.29, 0.717) is 23.0 Å². The Morgan fingerprint density at radius 1 is 1.50 bits per heavy atom. The number of benzene rings is 1. The smallest absolute Gasteiger partial charge is 0.240 e. The molecule has 1 aromatic heterocycles. The van der Waals surface area contributed by atoms with Gasteiger partial charge in [0.1, 0.15) is 6.04 Å². The Morgan fingerprint density at radius 2 is 2.17 bits per heavy atom. The molecule has 0 aliphatic carbocycles. The molecule has 2 rings (SSSR count). The van der Waals surface area contributed by atoms with Crippen LogP contribution in [0.4, 0.5) is 5.69 Å². The molecule has 2 N–H and O–H groups in total. The molecule has 1 unspecified atom stereocenters. The zero-order valence-electron chi connectivity index (χ0n) is 13.3. The zero-order chi connectivity index (χ0) is 17.7. The van der Waals surface area contributed by atoms with Crippen molar-refractivity contribution < 1.29 is 4.79 Å². The molecule has 2 aromatic rings. The lowest BCUT2D eigenvalue weighted by molar-refractivity contribution is -0.119. The molecule has 6 nitrogen and oxygen atoms in total. The first-order valence-electron chi connectivity index (χ1n) is 7.27. The third-order valence-corrected chi connectivity index (χ3v) is 4.02. The van der Waals surface area contributed by atoms with E-state index in [4.69, 9.17) is 11.0 Å². The van der Waals surface area contributed by atoms with Gasteiger partial charge >= 0.3 is 0 Å². The second-order valence-corrected chi connectivity index (χ2v) is 6.54. The van der Waals surface area contributed by atoms with Crippen LogP contribution in [0.3, 0.4) is 0 Å². The number of aryl methyl sites for hydroxylation is 1. The molecule has 24 heavy (non-hydrogen) atoms. The largest absolute Gasteiger partial charge is 0.368 e. The van der Waals surface area contributed by atoms with Gasteiger partial charge in [0, 0.05) is 25.4 Å². The Morgan fingerprint density at radius 3 is 2.62 bits per heavy atom. The van der Waals surface area contributed by atoms with Crippen molar-refractivity contribution in [1.29, 1.82) is 5.26 Å². The summed E-state index contributed by atoms with van der Waals surface area (Å²) in [5.74, 6) is -0.442. The maximum Gasteiger partial charge on any atom is 0.240 e.